The summed E-state index contributed by atoms with van der Waals surface area (Å²) in [5.74, 6) is -4.27. The normalized spacial score (nSPS) is 14.1. The summed E-state index contributed by atoms with van der Waals surface area (Å²) in [6.45, 7) is 3.33. The van der Waals surface area contributed by atoms with Crippen LogP contribution in [0.15, 0.2) is 30.3 Å². The topological polar surface area (TPSA) is 159 Å². The summed E-state index contributed by atoms with van der Waals surface area (Å²) in [7, 11) is 0. The van der Waals surface area contributed by atoms with E-state index in [1.54, 1.807) is 44.2 Å². The van der Waals surface area contributed by atoms with E-state index in [0.717, 1.165) is 5.56 Å². The molecule has 0 aliphatic carbocycles. The molecule has 1 aromatic carbocycles. The Hall–Kier alpha value is -2.94. The van der Waals surface area contributed by atoms with E-state index >= 15 is 0 Å². The second kappa shape index (κ2) is 10.3. The van der Waals surface area contributed by atoms with Crippen LogP contribution in [0.4, 0.5) is 0 Å². The zero-order valence-electron chi connectivity index (χ0n) is 15.2. The Labute approximate surface area is 156 Å². The summed E-state index contributed by atoms with van der Waals surface area (Å²) in [5.41, 5.74) is 6.23. The van der Waals surface area contributed by atoms with Crippen molar-refractivity contribution in [1.29, 1.82) is 0 Å². The molecule has 0 fully saturated rings. The second-order valence-corrected chi connectivity index (χ2v) is 6.52. The number of carbonyl (C=O) groups excluding carboxylic acids is 2. The minimum Gasteiger partial charge on any atom is -0.481 e. The highest BCUT2D eigenvalue weighted by atomic mass is 16.4. The lowest BCUT2D eigenvalue weighted by atomic mass is 10.0. The molecule has 0 saturated carbocycles. The molecule has 3 unspecified atom stereocenters. The largest absolute Gasteiger partial charge is 0.481 e. The van der Waals surface area contributed by atoms with E-state index in [9.17, 15) is 24.3 Å². The molecule has 27 heavy (non-hydrogen) atoms. The first-order chi connectivity index (χ1) is 12.6. The van der Waals surface area contributed by atoms with Crippen LogP contribution >= 0.6 is 0 Å². The van der Waals surface area contributed by atoms with Gasteiger partial charge in [-0.2, -0.15) is 0 Å². The van der Waals surface area contributed by atoms with Crippen LogP contribution in [-0.4, -0.2) is 52.1 Å². The van der Waals surface area contributed by atoms with Gasteiger partial charge in [0.25, 0.3) is 0 Å². The number of nitrogens with one attached hydrogen (secondary N) is 2. The van der Waals surface area contributed by atoms with Gasteiger partial charge in [-0.25, -0.2) is 4.79 Å². The molecule has 0 aromatic heterocycles. The summed E-state index contributed by atoms with van der Waals surface area (Å²) >= 11 is 0. The molecule has 1 rings (SSSR count). The molecule has 1 aromatic rings. The van der Waals surface area contributed by atoms with E-state index in [-0.39, 0.29) is 12.3 Å². The van der Waals surface area contributed by atoms with Crippen LogP contribution in [0, 0.1) is 5.92 Å². The minimum atomic E-state index is -1.31. The zero-order valence-corrected chi connectivity index (χ0v) is 15.2. The molecule has 0 saturated heterocycles. The summed E-state index contributed by atoms with van der Waals surface area (Å²) in [6.07, 6.45) is -0.497. The predicted molar refractivity (Wildman–Crippen MR) is 96.7 cm³/mol. The fourth-order valence-electron chi connectivity index (χ4n) is 2.39. The van der Waals surface area contributed by atoms with Crippen LogP contribution in [0.2, 0.25) is 0 Å². The van der Waals surface area contributed by atoms with Gasteiger partial charge >= 0.3 is 11.9 Å². The maximum Gasteiger partial charge on any atom is 0.326 e. The Morgan fingerprint density at radius 1 is 1.00 bits per heavy atom. The number of aliphatic carboxylic acids is 2. The molecule has 9 heteroatoms. The molecule has 0 aliphatic heterocycles. The van der Waals surface area contributed by atoms with Crippen molar-refractivity contribution in [3.63, 3.8) is 0 Å². The van der Waals surface area contributed by atoms with Crippen LogP contribution < -0.4 is 16.4 Å². The third kappa shape index (κ3) is 7.45. The Balaban J connectivity index is 2.81. The van der Waals surface area contributed by atoms with E-state index < -0.39 is 48.3 Å². The first-order valence-electron chi connectivity index (χ1n) is 8.46. The van der Waals surface area contributed by atoms with E-state index in [1.807, 2.05) is 0 Å². The van der Waals surface area contributed by atoms with Gasteiger partial charge in [0.1, 0.15) is 12.1 Å². The lowest BCUT2D eigenvalue weighted by molar-refractivity contribution is -0.143. The van der Waals surface area contributed by atoms with Gasteiger partial charge in [0.15, 0.2) is 0 Å². The molecule has 0 radical (unpaired) electrons. The zero-order chi connectivity index (χ0) is 20.6. The van der Waals surface area contributed by atoms with E-state index in [2.05, 4.69) is 10.6 Å². The molecular formula is C18H25N3O6. The average Bonchev–Trinajstić information content (AvgIpc) is 2.58. The number of carboxylic acid groups (broad SMARTS) is 2. The van der Waals surface area contributed by atoms with Crippen molar-refractivity contribution in [2.45, 2.75) is 44.8 Å². The number of carboxylic acids is 2. The monoisotopic (exact) mass is 379 g/mol. The summed E-state index contributed by atoms with van der Waals surface area (Å²) < 4.78 is 0. The van der Waals surface area contributed by atoms with Crippen molar-refractivity contribution < 1.29 is 29.4 Å². The molecule has 148 valence electrons. The smallest absolute Gasteiger partial charge is 0.326 e. The maximum absolute atomic E-state index is 12.5. The van der Waals surface area contributed by atoms with Gasteiger partial charge in [0.2, 0.25) is 11.8 Å². The summed E-state index contributed by atoms with van der Waals surface area (Å²) in [4.78, 5) is 46.7. The van der Waals surface area contributed by atoms with Crippen LogP contribution in [0.25, 0.3) is 0 Å². The third-order valence-corrected chi connectivity index (χ3v) is 3.88. The first-order valence-corrected chi connectivity index (χ1v) is 8.46. The van der Waals surface area contributed by atoms with Crippen LogP contribution in [-0.2, 0) is 25.6 Å². The van der Waals surface area contributed by atoms with Gasteiger partial charge in [-0.15, -0.1) is 0 Å². The van der Waals surface area contributed by atoms with E-state index in [1.165, 1.54) is 0 Å². The molecule has 2 amide bonds. The SMILES string of the molecule is CC(C)C(NC(=O)C(N)CC(=O)O)C(=O)NC(Cc1ccccc1)C(=O)O. The Morgan fingerprint density at radius 2 is 1.59 bits per heavy atom. The first kappa shape index (κ1) is 22.1. The van der Waals surface area contributed by atoms with Crippen molar-refractivity contribution in [2.24, 2.45) is 11.7 Å². The number of carbonyl (C=O) groups is 4. The van der Waals surface area contributed by atoms with E-state index in [0.29, 0.717) is 0 Å². The van der Waals surface area contributed by atoms with Crippen molar-refractivity contribution in [2.75, 3.05) is 0 Å². The standard InChI is InChI=1S/C18H25N3O6/c1-10(2)15(21-16(24)12(19)9-14(22)23)17(25)20-13(18(26)27)8-11-6-4-3-5-7-11/h3-7,10,12-13,15H,8-9,19H2,1-2H3,(H,20,25)(H,21,24)(H,22,23)(H,26,27). The molecule has 0 bridgehead atoms. The van der Waals surface area contributed by atoms with Crippen LogP contribution in [0.5, 0.6) is 0 Å². The highest BCUT2D eigenvalue weighted by molar-refractivity contribution is 5.93. The van der Waals surface area contributed by atoms with Gasteiger partial charge in [-0.3, -0.25) is 14.4 Å². The molecule has 9 nitrogen and oxygen atoms in total. The molecule has 0 heterocycles. The molecule has 0 spiro atoms. The minimum absolute atomic E-state index is 0.0825. The van der Waals surface area contributed by atoms with Gasteiger partial charge in [-0.1, -0.05) is 44.2 Å². The lowest BCUT2D eigenvalue weighted by Gasteiger charge is -2.25. The predicted octanol–water partition coefficient (Wildman–Crippen LogP) is -0.259. The highest BCUT2D eigenvalue weighted by Crippen LogP contribution is 2.07. The number of hydrogen-bond donors (Lipinski definition) is 5. The molecule has 3 atom stereocenters. The van der Waals surface area contributed by atoms with Gasteiger partial charge in [0.05, 0.1) is 12.5 Å². The Bertz CT molecular complexity index is 677. The van der Waals surface area contributed by atoms with E-state index in [4.69, 9.17) is 10.8 Å². The highest BCUT2D eigenvalue weighted by Gasteiger charge is 2.30. The van der Waals surface area contributed by atoms with Gasteiger partial charge in [0, 0.05) is 6.42 Å². The van der Waals surface area contributed by atoms with Crippen LogP contribution in [0.3, 0.4) is 0 Å². The third-order valence-electron chi connectivity index (χ3n) is 3.88. The van der Waals surface area contributed by atoms with Gasteiger partial charge in [-0.05, 0) is 11.5 Å². The number of nitrogens with two attached hydrogens (primary N) is 1. The van der Waals surface area contributed by atoms with Gasteiger partial charge < -0.3 is 26.6 Å². The maximum atomic E-state index is 12.5. The molecular weight excluding hydrogens is 354 g/mol. The average molecular weight is 379 g/mol. The van der Waals surface area contributed by atoms with Crippen molar-refractivity contribution in [1.82, 2.24) is 10.6 Å². The number of rotatable bonds is 10. The molecule has 0 aliphatic rings. The van der Waals surface area contributed by atoms with Crippen molar-refractivity contribution in [3.8, 4) is 0 Å². The summed E-state index contributed by atoms with van der Waals surface area (Å²) in [6, 6.07) is 5.27. The Morgan fingerprint density at radius 3 is 2.07 bits per heavy atom. The van der Waals surface area contributed by atoms with Crippen molar-refractivity contribution in [3.05, 3.63) is 35.9 Å². The Kier molecular flexibility index (Phi) is 8.40. The fraction of sp³-hybridized carbons (Fsp3) is 0.444. The van der Waals surface area contributed by atoms with Crippen molar-refractivity contribution >= 4 is 23.8 Å². The van der Waals surface area contributed by atoms with Crippen LogP contribution in [0.1, 0.15) is 25.8 Å². The fourth-order valence-corrected chi connectivity index (χ4v) is 2.39. The second-order valence-electron chi connectivity index (χ2n) is 6.52. The summed E-state index contributed by atoms with van der Waals surface area (Å²) in [5, 5.41) is 22.9. The quantitative estimate of drug-likeness (QED) is 0.374. The number of benzene rings is 1. The number of hydrogen-bond acceptors (Lipinski definition) is 5. The molecule has 6 N–H and O–H groups in total. The number of amides is 2. The lowest BCUT2D eigenvalue weighted by Crippen LogP contribution is -2.56.